The van der Waals surface area contributed by atoms with Gasteiger partial charge in [-0.25, -0.2) is 14.4 Å². The molecule has 156 valence electrons. The van der Waals surface area contributed by atoms with Gasteiger partial charge in [0.05, 0.1) is 48.6 Å². The van der Waals surface area contributed by atoms with Crippen LogP contribution in [0.5, 0.6) is 0 Å². The number of esters is 3. The van der Waals surface area contributed by atoms with E-state index < -0.39 is 34.4 Å². The van der Waals surface area contributed by atoms with Crippen LogP contribution in [-0.2, 0) is 14.2 Å². The van der Waals surface area contributed by atoms with Gasteiger partial charge < -0.3 is 19.5 Å². The lowest BCUT2D eigenvalue weighted by Crippen LogP contribution is -2.17. The molecule has 30 heavy (non-hydrogen) atoms. The molecule has 11 heteroatoms. The highest BCUT2D eigenvalue weighted by molar-refractivity contribution is 6.10. The fraction of sp³-hybridized carbons (Fsp3) is 0.158. The number of methoxy groups -OCH3 is 3. The van der Waals surface area contributed by atoms with Gasteiger partial charge in [0.1, 0.15) is 0 Å². The van der Waals surface area contributed by atoms with Crippen molar-refractivity contribution < 1.29 is 38.3 Å². The zero-order valence-electron chi connectivity index (χ0n) is 16.1. The van der Waals surface area contributed by atoms with Gasteiger partial charge >= 0.3 is 17.9 Å². The summed E-state index contributed by atoms with van der Waals surface area (Å²) in [7, 11) is 3.37. The fourth-order valence-electron chi connectivity index (χ4n) is 2.46. The summed E-state index contributed by atoms with van der Waals surface area (Å²) in [6, 6.07) is 6.74. The molecule has 0 bridgehead atoms. The molecular formula is C19H16N2O9. The molecule has 11 nitrogen and oxygen atoms in total. The van der Waals surface area contributed by atoms with Crippen molar-refractivity contribution in [2.75, 3.05) is 26.6 Å². The van der Waals surface area contributed by atoms with Crippen LogP contribution in [0.3, 0.4) is 0 Å². The minimum absolute atomic E-state index is 0.0368. The summed E-state index contributed by atoms with van der Waals surface area (Å²) in [6.45, 7) is 0. The van der Waals surface area contributed by atoms with Crippen molar-refractivity contribution in [2.45, 2.75) is 0 Å². The molecule has 0 atom stereocenters. The van der Waals surface area contributed by atoms with Gasteiger partial charge in [0.2, 0.25) is 0 Å². The Morgan fingerprint density at radius 2 is 1.37 bits per heavy atom. The topological polar surface area (TPSA) is 151 Å². The van der Waals surface area contributed by atoms with Crippen molar-refractivity contribution in [1.82, 2.24) is 0 Å². The number of amides is 1. The van der Waals surface area contributed by atoms with Crippen molar-refractivity contribution >= 4 is 35.2 Å². The summed E-state index contributed by atoms with van der Waals surface area (Å²) < 4.78 is 13.8. The lowest BCUT2D eigenvalue weighted by Gasteiger charge is -2.12. The number of benzene rings is 2. The number of hydrogen-bond donors (Lipinski definition) is 1. The average molecular weight is 416 g/mol. The van der Waals surface area contributed by atoms with Gasteiger partial charge in [-0.15, -0.1) is 0 Å². The smallest absolute Gasteiger partial charge is 0.339 e. The quantitative estimate of drug-likeness (QED) is 0.323. The zero-order chi connectivity index (χ0) is 22.4. The Bertz CT molecular complexity index is 1050. The predicted molar refractivity (Wildman–Crippen MR) is 102 cm³/mol. The maximum absolute atomic E-state index is 12.7. The molecule has 0 saturated carbocycles. The third-order valence-electron chi connectivity index (χ3n) is 3.91. The average Bonchev–Trinajstić information content (AvgIpc) is 2.76. The molecule has 0 fully saturated rings. The van der Waals surface area contributed by atoms with E-state index in [0.717, 1.165) is 39.5 Å². The van der Waals surface area contributed by atoms with Crippen molar-refractivity contribution in [3.8, 4) is 0 Å². The molecule has 0 spiro atoms. The van der Waals surface area contributed by atoms with Gasteiger partial charge in [0.25, 0.3) is 11.6 Å². The fourth-order valence-corrected chi connectivity index (χ4v) is 2.46. The van der Waals surface area contributed by atoms with Crippen molar-refractivity contribution in [3.63, 3.8) is 0 Å². The lowest BCUT2D eigenvalue weighted by atomic mass is 10.1. The maximum atomic E-state index is 12.7. The van der Waals surface area contributed by atoms with Crippen LogP contribution >= 0.6 is 0 Å². The molecule has 1 N–H and O–H groups in total. The number of hydrogen-bond acceptors (Lipinski definition) is 9. The first kappa shape index (κ1) is 22.0. The standard InChI is InChI=1S/C19H16N2O9/c1-28-17(23)10-4-5-14(19(25)30-3)15(9-10)20-16(22)11-6-12(18(24)29-2)8-13(7-11)21(26)27/h4-9H,1-3H3,(H,20,22). The van der Waals surface area contributed by atoms with Crippen LogP contribution in [-0.4, -0.2) is 50.1 Å². The van der Waals surface area contributed by atoms with E-state index in [1.807, 2.05) is 0 Å². The van der Waals surface area contributed by atoms with Gasteiger partial charge in [-0.3, -0.25) is 14.9 Å². The first-order valence-electron chi connectivity index (χ1n) is 8.21. The van der Waals surface area contributed by atoms with Crippen LogP contribution in [0.4, 0.5) is 11.4 Å². The van der Waals surface area contributed by atoms with E-state index >= 15 is 0 Å². The monoisotopic (exact) mass is 416 g/mol. The molecule has 0 aromatic heterocycles. The molecule has 0 saturated heterocycles. The van der Waals surface area contributed by atoms with E-state index in [4.69, 9.17) is 0 Å². The number of nitrogens with one attached hydrogen (secondary N) is 1. The molecule has 0 aliphatic carbocycles. The van der Waals surface area contributed by atoms with Gasteiger partial charge in [0, 0.05) is 17.7 Å². The first-order valence-corrected chi connectivity index (χ1v) is 8.21. The number of nitro groups is 1. The number of nitrogens with zero attached hydrogens (tertiary/aromatic N) is 1. The largest absolute Gasteiger partial charge is 0.465 e. The van der Waals surface area contributed by atoms with Crippen molar-refractivity contribution in [2.24, 2.45) is 0 Å². The van der Waals surface area contributed by atoms with E-state index in [2.05, 4.69) is 19.5 Å². The van der Waals surface area contributed by atoms with Gasteiger partial charge in [-0.2, -0.15) is 0 Å². The Balaban J connectivity index is 2.51. The van der Waals surface area contributed by atoms with E-state index in [1.165, 1.54) is 18.2 Å². The highest BCUT2D eigenvalue weighted by Crippen LogP contribution is 2.23. The molecule has 2 aromatic rings. The molecule has 0 heterocycles. The summed E-state index contributed by atoms with van der Waals surface area (Å²) in [5, 5.41) is 13.5. The van der Waals surface area contributed by atoms with E-state index in [-0.39, 0.29) is 27.9 Å². The Labute approximate surface area is 169 Å². The number of carbonyl (C=O) groups excluding carboxylic acids is 4. The highest BCUT2D eigenvalue weighted by atomic mass is 16.6. The number of ether oxygens (including phenoxy) is 3. The normalized spacial score (nSPS) is 9.97. The second kappa shape index (κ2) is 9.28. The highest BCUT2D eigenvalue weighted by Gasteiger charge is 2.21. The van der Waals surface area contributed by atoms with Gasteiger partial charge in [-0.05, 0) is 24.3 Å². The summed E-state index contributed by atoms with van der Waals surface area (Å²) in [4.78, 5) is 58.6. The predicted octanol–water partition coefficient (Wildman–Crippen LogP) is 2.21. The van der Waals surface area contributed by atoms with E-state index in [9.17, 15) is 29.3 Å². The summed E-state index contributed by atoms with van der Waals surface area (Å²) >= 11 is 0. The molecule has 2 aromatic carbocycles. The van der Waals surface area contributed by atoms with Gasteiger partial charge in [0.15, 0.2) is 0 Å². The van der Waals surface area contributed by atoms with Gasteiger partial charge in [-0.1, -0.05) is 0 Å². The van der Waals surface area contributed by atoms with E-state index in [1.54, 1.807) is 0 Å². The lowest BCUT2D eigenvalue weighted by molar-refractivity contribution is -0.384. The summed E-state index contributed by atoms with van der Waals surface area (Å²) in [5.74, 6) is -3.27. The van der Waals surface area contributed by atoms with Crippen LogP contribution in [0.1, 0.15) is 41.4 Å². The molecule has 0 aliphatic heterocycles. The molecule has 1 amide bonds. The number of rotatable bonds is 6. The van der Waals surface area contributed by atoms with Crippen molar-refractivity contribution in [1.29, 1.82) is 0 Å². The Hall–Kier alpha value is -4.28. The Morgan fingerprint density at radius 3 is 1.93 bits per heavy atom. The van der Waals surface area contributed by atoms with Crippen LogP contribution in [0.25, 0.3) is 0 Å². The third kappa shape index (κ3) is 4.76. The van der Waals surface area contributed by atoms with Crippen LogP contribution in [0, 0.1) is 10.1 Å². The van der Waals surface area contributed by atoms with Crippen LogP contribution in [0.2, 0.25) is 0 Å². The van der Waals surface area contributed by atoms with Crippen molar-refractivity contribution in [3.05, 3.63) is 68.8 Å². The summed E-state index contributed by atoms with van der Waals surface area (Å²) in [5.41, 5.74) is -1.11. The number of non-ortho nitro benzene ring substituents is 1. The second-order valence-corrected chi connectivity index (χ2v) is 5.71. The molecule has 0 radical (unpaired) electrons. The van der Waals surface area contributed by atoms with E-state index in [0.29, 0.717) is 0 Å². The molecular weight excluding hydrogens is 400 g/mol. The Kier molecular flexibility index (Phi) is 6.81. The molecule has 0 aliphatic rings. The zero-order valence-corrected chi connectivity index (χ0v) is 16.1. The minimum atomic E-state index is -0.879. The Morgan fingerprint density at radius 1 is 0.800 bits per heavy atom. The first-order chi connectivity index (χ1) is 14.2. The maximum Gasteiger partial charge on any atom is 0.339 e. The minimum Gasteiger partial charge on any atom is -0.465 e. The third-order valence-corrected chi connectivity index (χ3v) is 3.91. The summed E-state index contributed by atoms with van der Waals surface area (Å²) in [6.07, 6.45) is 0. The number of nitro benzene ring substituents is 1. The van der Waals surface area contributed by atoms with Crippen LogP contribution in [0.15, 0.2) is 36.4 Å². The second-order valence-electron chi connectivity index (χ2n) is 5.71. The molecule has 2 rings (SSSR count). The number of anilines is 1. The molecule has 0 unspecified atom stereocenters. The number of carbonyl (C=O) groups is 4. The SMILES string of the molecule is COC(=O)c1cc(C(=O)Nc2cc(C(=O)OC)ccc2C(=O)OC)cc([N+](=O)[O-])c1. The van der Waals surface area contributed by atoms with Crippen LogP contribution < -0.4 is 5.32 Å².